The first kappa shape index (κ1) is 14.3. The predicted octanol–water partition coefficient (Wildman–Crippen LogP) is 4.75. The van der Waals surface area contributed by atoms with E-state index in [0.717, 1.165) is 6.54 Å². The number of hydrogen-bond donors (Lipinski definition) is 0. The highest BCUT2D eigenvalue weighted by Crippen LogP contribution is 2.22. The molecule has 19 heavy (non-hydrogen) atoms. The summed E-state index contributed by atoms with van der Waals surface area (Å²) in [6.45, 7) is 5.93. The number of unbranched alkanes of at least 4 members (excludes halogenated alkanes) is 4. The Morgan fingerprint density at radius 3 is 2.47 bits per heavy atom. The lowest BCUT2D eigenvalue weighted by molar-refractivity contribution is 0.293. The van der Waals surface area contributed by atoms with E-state index in [0.29, 0.717) is 0 Å². The van der Waals surface area contributed by atoms with Gasteiger partial charge in [-0.3, -0.25) is 4.90 Å². The van der Waals surface area contributed by atoms with Crippen molar-refractivity contribution in [2.24, 2.45) is 0 Å². The minimum absolute atomic E-state index is 1.14. The molecule has 1 aromatic carbocycles. The molecule has 1 aliphatic heterocycles. The highest BCUT2D eigenvalue weighted by Gasteiger charge is 2.11. The van der Waals surface area contributed by atoms with Gasteiger partial charge in [0, 0.05) is 13.1 Å². The highest BCUT2D eigenvalue weighted by atomic mass is 15.1. The average Bonchev–Trinajstić information content (AvgIpc) is 2.49. The van der Waals surface area contributed by atoms with Crippen molar-refractivity contribution < 1.29 is 0 Å². The van der Waals surface area contributed by atoms with Gasteiger partial charge in [0.1, 0.15) is 0 Å². The Kier molecular flexibility index (Phi) is 6.16. The molecule has 0 bridgehead atoms. The van der Waals surface area contributed by atoms with Crippen molar-refractivity contribution in [3.8, 4) is 0 Å². The van der Waals surface area contributed by atoms with Crippen LogP contribution in [0, 0.1) is 0 Å². The summed E-state index contributed by atoms with van der Waals surface area (Å²) >= 11 is 0. The predicted molar refractivity (Wildman–Crippen MR) is 84.2 cm³/mol. The SMILES string of the molecule is CCCCCCCN1CC=C(c2ccccc2)CC1. The summed E-state index contributed by atoms with van der Waals surface area (Å²) in [7, 11) is 0. The first-order chi connectivity index (χ1) is 9.40. The average molecular weight is 257 g/mol. The van der Waals surface area contributed by atoms with E-state index in [1.165, 1.54) is 62.8 Å². The van der Waals surface area contributed by atoms with Gasteiger partial charge < -0.3 is 0 Å². The van der Waals surface area contributed by atoms with E-state index in [9.17, 15) is 0 Å². The van der Waals surface area contributed by atoms with E-state index in [1.807, 2.05) is 0 Å². The number of rotatable bonds is 7. The van der Waals surface area contributed by atoms with Gasteiger partial charge in [0.25, 0.3) is 0 Å². The van der Waals surface area contributed by atoms with Crippen LogP contribution in [0.1, 0.15) is 51.0 Å². The van der Waals surface area contributed by atoms with Crippen molar-refractivity contribution in [2.45, 2.75) is 45.4 Å². The van der Waals surface area contributed by atoms with Crippen molar-refractivity contribution in [3.05, 3.63) is 42.0 Å². The Bertz CT molecular complexity index is 380. The molecule has 0 aromatic heterocycles. The molecular weight excluding hydrogens is 230 g/mol. The van der Waals surface area contributed by atoms with Gasteiger partial charge >= 0.3 is 0 Å². The lowest BCUT2D eigenvalue weighted by Gasteiger charge is -2.26. The van der Waals surface area contributed by atoms with Crippen LogP contribution in [0.2, 0.25) is 0 Å². The molecule has 2 rings (SSSR count). The zero-order chi connectivity index (χ0) is 13.3. The fourth-order valence-electron chi connectivity index (χ4n) is 2.77. The Labute approximate surface area is 118 Å². The van der Waals surface area contributed by atoms with Crippen LogP contribution in [0.4, 0.5) is 0 Å². The summed E-state index contributed by atoms with van der Waals surface area (Å²) in [4.78, 5) is 2.60. The van der Waals surface area contributed by atoms with Crippen LogP contribution in [-0.4, -0.2) is 24.5 Å². The quantitative estimate of drug-likeness (QED) is 0.637. The van der Waals surface area contributed by atoms with Gasteiger partial charge in [-0.2, -0.15) is 0 Å². The standard InChI is InChI=1S/C18H27N/c1-2-3-4-5-9-14-19-15-12-18(13-16-19)17-10-7-6-8-11-17/h6-8,10-12H,2-5,9,13-16H2,1H3. The summed E-state index contributed by atoms with van der Waals surface area (Å²) in [5, 5.41) is 0. The van der Waals surface area contributed by atoms with Crippen LogP contribution in [0.3, 0.4) is 0 Å². The lowest BCUT2D eigenvalue weighted by atomic mass is 9.99. The van der Waals surface area contributed by atoms with E-state index in [1.54, 1.807) is 0 Å². The zero-order valence-corrected chi connectivity index (χ0v) is 12.3. The summed E-state index contributed by atoms with van der Waals surface area (Å²) in [5.41, 5.74) is 2.94. The third kappa shape index (κ3) is 4.83. The number of nitrogens with zero attached hydrogens (tertiary/aromatic N) is 1. The maximum Gasteiger partial charge on any atom is 0.0169 e. The minimum atomic E-state index is 1.14. The molecular formula is C18H27N. The molecule has 1 aliphatic rings. The normalized spacial score (nSPS) is 16.4. The molecule has 0 saturated heterocycles. The molecule has 1 nitrogen and oxygen atoms in total. The van der Waals surface area contributed by atoms with E-state index in [2.05, 4.69) is 48.2 Å². The monoisotopic (exact) mass is 257 g/mol. The van der Waals surface area contributed by atoms with Crippen molar-refractivity contribution in [3.63, 3.8) is 0 Å². The molecule has 1 heteroatoms. The Morgan fingerprint density at radius 2 is 1.79 bits per heavy atom. The minimum Gasteiger partial charge on any atom is -0.299 e. The highest BCUT2D eigenvalue weighted by molar-refractivity contribution is 5.66. The zero-order valence-electron chi connectivity index (χ0n) is 12.3. The van der Waals surface area contributed by atoms with E-state index in [-0.39, 0.29) is 0 Å². The first-order valence-electron chi connectivity index (χ1n) is 7.87. The topological polar surface area (TPSA) is 3.24 Å². The lowest BCUT2D eigenvalue weighted by Crippen LogP contribution is -2.29. The van der Waals surface area contributed by atoms with Crippen molar-refractivity contribution >= 4 is 5.57 Å². The third-order valence-electron chi connectivity index (χ3n) is 4.02. The van der Waals surface area contributed by atoms with Crippen LogP contribution < -0.4 is 0 Å². The van der Waals surface area contributed by atoms with E-state index < -0.39 is 0 Å². The van der Waals surface area contributed by atoms with Crippen LogP contribution in [0.5, 0.6) is 0 Å². The maximum atomic E-state index is 2.60. The van der Waals surface area contributed by atoms with E-state index in [4.69, 9.17) is 0 Å². The van der Waals surface area contributed by atoms with Crippen molar-refractivity contribution in [1.82, 2.24) is 4.90 Å². The molecule has 104 valence electrons. The summed E-state index contributed by atoms with van der Waals surface area (Å²) in [5.74, 6) is 0. The van der Waals surface area contributed by atoms with Crippen molar-refractivity contribution in [1.29, 1.82) is 0 Å². The maximum absolute atomic E-state index is 2.60. The third-order valence-corrected chi connectivity index (χ3v) is 4.02. The van der Waals surface area contributed by atoms with Gasteiger partial charge in [0.15, 0.2) is 0 Å². The van der Waals surface area contributed by atoms with Gasteiger partial charge in [-0.25, -0.2) is 0 Å². The second kappa shape index (κ2) is 8.16. The Balaban J connectivity index is 1.71. The molecule has 0 radical (unpaired) electrons. The fourth-order valence-corrected chi connectivity index (χ4v) is 2.77. The smallest absolute Gasteiger partial charge is 0.0169 e. The molecule has 0 N–H and O–H groups in total. The molecule has 0 fully saturated rings. The largest absolute Gasteiger partial charge is 0.299 e. The summed E-state index contributed by atoms with van der Waals surface area (Å²) in [6.07, 6.45) is 10.6. The van der Waals surface area contributed by atoms with Gasteiger partial charge in [-0.15, -0.1) is 0 Å². The van der Waals surface area contributed by atoms with E-state index >= 15 is 0 Å². The Hall–Kier alpha value is -1.08. The Morgan fingerprint density at radius 1 is 1.00 bits per heavy atom. The van der Waals surface area contributed by atoms with Crippen LogP contribution in [-0.2, 0) is 0 Å². The van der Waals surface area contributed by atoms with Crippen molar-refractivity contribution in [2.75, 3.05) is 19.6 Å². The molecule has 0 spiro atoms. The van der Waals surface area contributed by atoms with Gasteiger partial charge in [-0.1, -0.05) is 69.0 Å². The second-order valence-electron chi connectivity index (χ2n) is 5.56. The fraction of sp³-hybridized carbons (Fsp3) is 0.556. The molecule has 1 heterocycles. The molecule has 0 aliphatic carbocycles. The molecule has 0 unspecified atom stereocenters. The van der Waals surface area contributed by atoms with Gasteiger partial charge in [-0.05, 0) is 30.5 Å². The molecule has 1 aromatic rings. The number of hydrogen-bond acceptors (Lipinski definition) is 1. The van der Waals surface area contributed by atoms with Gasteiger partial charge in [0.05, 0.1) is 0 Å². The van der Waals surface area contributed by atoms with Gasteiger partial charge in [0.2, 0.25) is 0 Å². The summed E-state index contributed by atoms with van der Waals surface area (Å²) in [6, 6.07) is 10.8. The first-order valence-corrected chi connectivity index (χ1v) is 7.87. The number of benzene rings is 1. The second-order valence-corrected chi connectivity index (χ2v) is 5.56. The van der Waals surface area contributed by atoms with Crippen LogP contribution in [0.25, 0.3) is 5.57 Å². The molecule has 0 saturated carbocycles. The molecule has 0 atom stereocenters. The molecule has 0 amide bonds. The van der Waals surface area contributed by atoms with Crippen LogP contribution >= 0.6 is 0 Å². The van der Waals surface area contributed by atoms with Crippen LogP contribution in [0.15, 0.2) is 36.4 Å². The summed E-state index contributed by atoms with van der Waals surface area (Å²) < 4.78 is 0.